The summed E-state index contributed by atoms with van der Waals surface area (Å²) in [4.78, 5) is 49.4. The summed E-state index contributed by atoms with van der Waals surface area (Å²) >= 11 is 1.36. The minimum Gasteiger partial charge on any atom is -0.504 e. The SMILES string of the molecule is COc1cc2c(cc1O)CCN(C(=O)/C=C/c1ccccc1)[C@]21CS[C@@H]2c3c(OC(C)=O)c(C)c4c(c3[C@@H](COC1=O)N1[C@@H]2[C@H]2c3c(cc(C)c(OC)c3O)C[C@@H]([C@@H]1C#N)N2C)OCO4. The molecule has 11 rings (SSSR count). The highest BCUT2D eigenvalue weighted by Gasteiger charge is 2.63. The zero-order chi connectivity index (χ0) is 45.6. The normalized spacial score (nSPS) is 26.4. The number of methoxy groups -OCH3 is 2. The highest BCUT2D eigenvalue weighted by atomic mass is 32.2. The minimum absolute atomic E-state index is 0.00795. The van der Waals surface area contributed by atoms with Gasteiger partial charge >= 0.3 is 11.9 Å². The summed E-state index contributed by atoms with van der Waals surface area (Å²) in [7, 11) is 4.89. The molecule has 4 aromatic rings. The molecule has 0 aliphatic carbocycles. The van der Waals surface area contributed by atoms with E-state index in [0.29, 0.717) is 63.5 Å². The first kappa shape index (κ1) is 42.5. The largest absolute Gasteiger partial charge is 0.504 e. The van der Waals surface area contributed by atoms with Crippen LogP contribution in [0, 0.1) is 25.2 Å². The van der Waals surface area contributed by atoms with Gasteiger partial charge < -0.3 is 43.5 Å². The first-order chi connectivity index (χ1) is 31.3. The van der Waals surface area contributed by atoms with Crippen molar-refractivity contribution in [2.75, 3.05) is 47.0 Å². The molecule has 15 nitrogen and oxygen atoms in total. The Morgan fingerprint density at radius 1 is 0.985 bits per heavy atom. The number of thioether (sulfide) groups is 1. The highest BCUT2D eigenvalue weighted by Crippen LogP contribution is 2.65. The summed E-state index contributed by atoms with van der Waals surface area (Å²) in [6, 6.07) is 13.9. The van der Waals surface area contributed by atoms with Gasteiger partial charge in [0.1, 0.15) is 18.4 Å². The van der Waals surface area contributed by atoms with Crippen LogP contribution in [0.1, 0.15) is 74.3 Å². The average Bonchev–Trinajstić information content (AvgIpc) is 3.79. The number of ether oxygens (including phenoxy) is 6. The van der Waals surface area contributed by atoms with Crippen molar-refractivity contribution in [2.24, 2.45) is 0 Å². The third-order valence-electron chi connectivity index (χ3n) is 14.1. The van der Waals surface area contributed by atoms with Gasteiger partial charge in [-0.05, 0) is 79.8 Å². The zero-order valence-electron chi connectivity index (χ0n) is 36.7. The van der Waals surface area contributed by atoms with E-state index in [4.69, 9.17) is 28.4 Å². The first-order valence-electron chi connectivity index (χ1n) is 21.5. The number of hydrogen-bond donors (Lipinski definition) is 2. The van der Waals surface area contributed by atoms with Crippen LogP contribution in [0.25, 0.3) is 6.08 Å². The number of amides is 1. The van der Waals surface area contributed by atoms with Gasteiger partial charge in [0.2, 0.25) is 12.7 Å². The topological polar surface area (TPSA) is 181 Å². The van der Waals surface area contributed by atoms with Crippen molar-refractivity contribution in [3.63, 3.8) is 0 Å². The van der Waals surface area contributed by atoms with Crippen molar-refractivity contribution in [3.8, 4) is 46.3 Å². The van der Waals surface area contributed by atoms with Crippen molar-refractivity contribution >= 4 is 35.7 Å². The number of fused-ring (bicyclic) bond motifs is 9. The number of nitriles is 1. The van der Waals surface area contributed by atoms with Crippen molar-refractivity contribution < 1.29 is 53.0 Å². The molecule has 7 aliphatic rings. The Kier molecular flexibility index (Phi) is 10.4. The van der Waals surface area contributed by atoms with Crippen LogP contribution in [-0.2, 0) is 37.5 Å². The predicted octanol–water partition coefficient (Wildman–Crippen LogP) is 5.94. The molecule has 65 heavy (non-hydrogen) atoms. The smallest absolute Gasteiger partial charge is 0.337 e. The molecule has 1 amide bonds. The van der Waals surface area contributed by atoms with E-state index in [1.54, 1.807) is 30.0 Å². The van der Waals surface area contributed by atoms with Crippen LogP contribution in [0.4, 0.5) is 0 Å². The van der Waals surface area contributed by atoms with Gasteiger partial charge in [-0.3, -0.25) is 19.4 Å². The molecule has 0 unspecified atom stereocenters. The van der Waals surface area contributed by atoms with Crippen LogP contribution in [-0.4, -0.2) is 108 Å². The highest BCUT2D eigenvalue weighted by molar-refractivity contribution is 7.99. The number of rotatable bonds is 5. The monoisotopic (exact) mass is 900 g/mol. The maximum absolute atomic E-state index is 15.6. The number of aromatic hydroxyl groups is 2. The summed E-state index contributed by atoms with van der Waals surface area (Å²) in [5.41, 5.74) is 4.04. The number of esters is 2. The van der Waals surface area contributed by atoms with Crippen LogP contribution in [0.3, 0.4) is 0 Å². The summed E-state index contributed by atoms with van der Waals surface area (Å²) in [5, 5.41) is 33.9. The van der Waals surface area contributed by atoms with Gasteiger partial charge in [-0.25, -0.2) is 4.79 Å². The Morgan fingerprint density at radius 3 is 2.48 bits per heavy atom. The van der Waals surface area contributed by atoms with Crippen molar-refractivity contribution in [3.05, 3.63) is 105 Å². The Morgan fingerprint density at radius 2 is 1.75 bits per heavy atom. The van der Waals surface area contributed by atoms with Crippen LogP contribution in [0.5, 0.6) is 40.2 Å². The Labute approximate surface area is 380 Å². The Balaban J connectivity index is 1.24. The number of piperazine rings is 1. The molecule has 7 aliphatic heterocycles. The molecule has 0 saturated carbocycles. The van der Waals surface area contributed by atoms with Gasteiger partial charge in [0.25, 0.3) is 0 Å². The molecule has 2 fully saturated rings. The lowest BCUT2D eigenvalue weighted by atomic mass is 9.71. The number of hydrogen-bond acceptors (Lipinski definition) is 15. The molecule has 16 heteroatoms. The van der Waals surface area contributed by atoms with E-state index in [9.17, 15) is 25.1 Å². The number of phenolic OH excluding ortho intramolecular Hbond substituents is 2. The van der Waals surface area contributed by atoms with E-state index >= 15 is 4.79 Å². The number of likely N-dealkylation sites (N-methyl/N-ethyl adjacent to an activating group) is 1. The second-order valence-corrected chi connectivity index (χ2v) is 18.5. The second-order valence-electron chi connectivity index (χ2n) is 17.4. The number of carbonyl (C=O) groups excluding carboxylic acids is 3. The van der Waals surface area contributed by atoms with Gasteiger partial charge in [-0.1, -0.05) is 36.4 Å². The second kappa shape index (κ2) is 15.9. The van der Waals surface area contributed by atoms with Crippen molar-refractivity contribution in [1.29, 1.82) is 5.26 Å². The molecule has 7 heterocycles. The summed E-state index contributed by atoms with van der Waals surface area (Å²) in [6.45, 7) is 4.68. The number of benzene rings is 4. The molecule has 2 saturated heterocycles. The Bertz CT molecular complexity index is 2760. The lowest BCUT2D eigenvalue weighted by molar-refractivity contribution is -0.167. The third kappa shape index (κ3) is 6.26. The van der Waals surface area contributed by atoms with E-state index in [1.165, 1.54) is 39.0 Å². The molecule has 0 radical (unpaired) electrons. The van der Waals surface area contributed by atoms with Gasteiger partial charge in [0.05, 0.1) is 37.6 Å². The lowest BCUT2D eigenvalue weighted by Crippen LogP contribution is -2.69. The molecule has 4 aromatic carbocycles. The van der Waals surface area contributed by atoms with E-state index in [0.717, 1.165) is 16.7 Å². The summed E-state index contributed by atoms with van der Waals surface area (Å²) < 4.78 is 36.6. The molecule has 0 aromatic heterocycles. The molecule has 7 atom stereocenters. The molecule has 336 valence electrons. The number of aryl methyl sites for hydroxylation is 1. The molecule has 2 N–H and O–H groups in total. The van der Waals surface area contributed by atoms with Gasteiger partial charge in [0.15, 0.2) is 40.0 Å². The van der Waals surface area contributed by atoms with E-state index < -0.39 is 52.8 Å². The minimum atomic E-state index is -1.79. The van der Waals surface area contributed by atoms with Crippen LogP contribution >= 0.6 is 11.8 Å². The van der Waals surface area contributed by atoms with Gasteiger partial charge in [0, 0.05) is 59.6 Å². The van der Waals surface area contributed by atoms with E-state index in [2.05, 4.69) is 15.9 Å². The number of nitrogens with zero attached hydrogens (tertiary/aromatic N) is 4. The lowest BCUT2D eigenvalue weighted by Gasteiger charge is -2.62. The van der Waals surface area contributed by atoms with E-state index in [1.807, 2.05) is 50.4 Å². The zero-order valence-corrected chi connectivity index (χ0v) is 37.6. The molecule has 4 bridgehead atoms. The molecular formula is C49H48N4O11S. The van der Waals surface area contributed by atoms with Gasteiger partial charge in [-0.2, -0.15) is 5.26 Å². The first-order valence-corrected chi connectivity index (χ1v) is 22.6. The van der Waals surface area contributed by atoms with Crippen LogP contribution < -0.4 is 23.7 Å². The fourth-order valence-corrected chi connectivity index (χ4v) is 13.1. The quantitative estimate of drug-likeness (QED) is 0.136. The summed E-state index contributed by atoms with van der Waals surface area (Å²) in [6.07, 6.45) is 3.91. The van der Waals surface area contributed by atoms with E-state index in [-0.39, 0.29) is 54.7 Å². The fourth-order valence-electron chi connectivity index (χ4n) is 11.4. The molecule has 1 spiro atoms. The third-order valence-corrected chi connectivity index (χ3v) is 15.6. The summed E-state index contributed by atoms with van der Waals surface area (Å²) in [5.74, 6) is -0.448. The maximum atomic E-state index is 15.6. The Hall–Kier alpha value is -6.41. The predicted molar refractivity (Wildman–Crippen MR) is 237 cm³/mol. The standard InChI is InChI=1S/C49H48N4O11S/c1-24-16-29-17-31-32(20-50)53-33-21-61-48(58)49(30-19-35(59-5)34(55)18-28(30)14-15-52(49)36(56)13-12-27-10-8-7-9-11-27)22-65-47(41(53)40(51(31)4)37(29)42(57)43(24)60-6)39-38(33)46-45(62-23-63-46)25(2)44(39)64-26(3)54/h7-13,16,18-19,31-33,40-41,47,55,57H,14-15,17,21-23H2,1-6H3/b13-12+/t31-,32-,33+,40+,41+,47+,49+/m0/s1. The average molecular weight is 901 g/mol. The van der Waals surface area contributed by atoms with Crippen molar-refractivity contribution in [2.45, 2.75) is 74.6 Å². The van der Waals surface area contributed by atoms with Crippen LogP contribution in [0.15, 0.2) is 54.6 Å². The van der Waals surface area contributed by atoms with Crippen molar-refractivity contribution in [1.82, 2.24) is 14.7 Å². The van der Waals surface area contributed by atoms with Crippen LogP contribution in [0.2, 0.25) is 0 Å². The molecular weight excluding hydrogens is 853 g/mol. The van der Waals surface area contributed by atoms with Gasteiger partial charge in [-0.15, -0.1) is 11.8 Å². The number of carbonyl (C=O) groups is 3. The fraction of sp³-hybridized carbons (Fsp3) is 0.388. The number of phenols is 2. The maximum Gasteiger partial charge on any atom is 0.337 e.